The second-order valence-electron chi connectivity index (χ2n) is 4.41. The van der Waals surface area contributed by atoms with E-state index >= 15 is 0 Å². The second-order valence-corrected chi connectivity index (χ2v) is 4.41. The first-order valence-electron chi connectivity index (χ1n) is 5.99. The van der Waals surface area contributed by atoms with Crippen molar-refractivity contribution in [1.29, 1.82) is 5.26 Å². The number of ketones is 1. The molecule has 0 aromatic heterocycles. The molecule has 1 atom stereocenters. The Balaban J connectivity index is 2.42. The Labute approximate surface area is 115 Å². The molecule has 100 valence electrons. The largest absolute Gasteiger partial charge is 0.292 e. The van der Waals surface area contributed by atoms with Gasteiger partial charge in [0.1, 0.15) is 17.6 Å². The van der Waals surface area contributed by atoms with Crippen LogP contribution in [0.1, 0.15) is 27.4 Å². The van der Waals surface area contributed by atoms with Crippen molar-refractivity contribution in [3.63, 3.8) is 0 Å². The summed E-state index contributed by atoms with van der Waals surface area (Å²) >= 11 is 0. The molecule has 0 radical (unpaired) electrons. The molecular weight excluding hydrogens is 260 g/mol. The third-order valence-corrected chi connectivity index (χ3v) is 3.06. The average molecular weight is 271 g/mol. The normalized spacial score (nSPS) is 11.7. The third kappa shape index (κ3) is 2.57. The monoisotopic (exact) mass is 271 g/mol. The minimum atomic E-state index is -1.28. The van der Waals surface area contributed by atoms with Crippen LogP contribution in [-0.2, 0) is 0 Å². The molecule has 0 aliphatic carbocycles. The van der Waals surface area contributed by atoms with E-state index in [1.54, 1.807) is 19.1 Å². The van der Waals surface area contributed by atoms with Crippen molar-refractivity contribution in [2.24, 2.45) is 0 Å². The Hall–Kier alpha value is -2.54. The molecule has 0 fully saturated rings. The van der Waals surface area contributed by atoms with E-state index in [9.17, 15) is 13.6 Å². The molecule has 0 aliphatic rings. The van der Waals surface area contributed by atoms with E-state index < -0.39 is 23.3 Å². The number of carbonyl (C=O) groups excluding carboxylic acids is 1. The quantitative estimate of drug-likeness (QED) is 0.797. The number of hydrogen-bond acceptors (Lipinski definition) is 2. The number of benzene rings is 2. The topological polar surface area (TPSA) is 40.9 Å². The van der Waals surface area contributed by atoms with Crippen LogP contribution in [0.25, 0.3) is 0 Å². The molecule has 1 unspecified atom stereocenters. The molecule has 4 heteroatoms. The zero-order valence-electron chi connectivity index (χ0n) is 10.7. The van der Waals surface area contributed by atoms with Gasteiger partial charge in [0.15, 0.2) is 5.78 Å². The molecule has 0 amide bonds. The lowest BCUT2D eigenvalue weighted by molar-refractivity contribution is 0.0977. The fourth-order valence-corrected chi connectivity index (χ4v) is 1.89. The summed E-state index contributed by atoms with van der Waals surface area (Å²) in [4.78, 5) is 12.2. The highest BCUT2D eigenvalue weighted by Gasteiger charge is 2.24. The van der Waals surface area contributed by atoms with E-state index in [4.69, 9.17) is 5.26 Å². The van der Waals surface area contributed by atoms with Crippen molar-refractivity contribution >= 4 is 5.78 Å². The van der Waals surface area contributed by atoms with Gasteiger partial charge in [-0.15, -0.1) is 0 Å². The van der Waals surface area contributed by atoms with Gasteiger partial charge in [-0.25, -0.2) is 8.78 Å². The van der Waals surface area contributed by atoms with Gasteiger partial charge >= 0.3 is 0 Å². The Bertz CT molecular complexity index is 704. The highest BCUT2D eigenvalue weighted by atomic mass is 19.1. The molecule has 0 saturated heterocycles. The third-order valence-electron chi connectivity index (χ3n) is 3.06. The van der Waals surface area contributed by atoms with Gasteiger partial charge in [0.2, 0.25) is 0 Å². The van der Waals surface area contributed by atoms with Crippen LogP contribution in [0.4, 0.5) is 8.78 Å². The van der Waals surface area contributed by atoms with Crippen molar-refractivity contribution in [3.05, 3.63) is 70.8 Å². The first-order chi connectivity index (χ1) is 9.54. The number of rotatable bonds is 3. The van der Waals surface area contributed by atoms with Crippen molar-refractivity contribution in [2.75, 3.05) is 0 Å². The number of nitrogens with zero attached hydrogens (tertiary/aromatic N) is 1. The lowest BCUT2D eigenvalue weighted by Gasteiger charge is -2.10. The summed E-state index contributed by atoms with van der Waals surface area (Å²) in [6, 6.07) is 11.3. The average Bonchev–Trinajstić information content (AvgIpc) is 2.44. The van der Waals surface area contributed by atoms with Gasteiger partial charge in [-0.2, -0.15) is 5.26 Å². The second kappa shape index (κ2) is 5.62. The first kappa shape index (κ1) is 13.9. The fourth-order valence-electron chi connectivity index (χ4n) is 1.89. The van der Waals surface area contributed by atoms with Gasteiger partial charge in [-0.1, -0.05) is 30.3 Å². The summed E-state index contributed by atoms with van der Waals surface area (Å²) in [6.07, 6.45) is 0. The molecular formula is C16H11F2NO. The predicted molar refractivity (Wildman–Crippen MR) is 70.2 cm³/mol. The Kier molecular flexibility index (Phi) is 3.90. The molecule has 2 aromatic rings. The lowest BCUT2D eigenvalue weighted by atomic mass is 9.91. The van der Waals surface area contributed by atoms with E-state index in [2.05, 4.69) is 0 Å². The number of nitriles is 1. The predicted octanol–water partition coefficient (Wildman–Crippen LogP) is 3.76. The minimum absolute atomic E-state index is 0.000910. The van der Waals surface area contributed by atoms with E-state index in [1.807, 2.05) is 0 Å². The first-order valence-corrected chi connectivity index (χ1v) is 5.99. The number of hydrogen-bond donors (Lipinski definition) is 0. The van der Waals surface area contributed by atoms with Crippen molar-refractivity contribution in [3.8, 4) is 6.07 Å². The molecule has 2 nitrogen and oxygen atoms in total. The van der Waals surface area contributed by atoms with Crippen molar-refractivity contribution in [1.82, 2.24) is 0 Å². The number of carbonyl (C=O) groups is 1. The number of halogens is 2. The summed E-state index contributed by atoms with van der Waals surface area (Å²) in [7, 11) is 0. The standard InChI is InChI=1S/C16H11F2NO/c1-10-6-7-11(8-15(10)18)16(20)13(9-19)12-4-2-3-5-14(12)17/h2-8,13H,1H3. The van der Waals surface area contributed by atoms with E-state index in [1.165, 1.54) is 30.3 Å². The van der Waals surface area contributed by atoms with Gasteiger partial charge < -0.3 is 0 Å². The fraction of sp³-hybridized carbons (Fsp3) is 0.125. The van der Waals surface area contributed by atoms with Gasteiger partial charge in [0.05, 0.1) is 6.07 Å². The molecule has 0 spiro atoms. The molecule has 0 aliphatic heterocycles. The molecule has 0 heterocycles. The SMILES string of the molecule is Cc1ccc(C(=O)C(C#N)c2ccccc2F)cc1F. The van der Waals surface area contributed by atoms with Crippen LogP contribution in [-0.4, -0.2) is 5.78 Å². The van der Waals surface area contributed by atoms with E-state index in [-0.39, 0.29) is 11.1 Å². The lowest BCUT2D eigenvalue weighted by Crippen LogP contribution is -2.13. The highest BCUT2D eigenvalue weighted by molar-refractivity contribution is 6.02. The summed E-state index contributed by atoms with van der Waals surface area (Å²) in [5.74, 6) is -3.05. The smallest absolute Gasteiger partial charge is 0.184 e. The molecule has 2 rings (SSSR count). The molecule has 0 bridgehead atoms. The summed E-state index contributed by atoms with van der Waals surface area (Å²) in [5, 5.41) is 9.13. The van der Waals surface area contributed by atoms with Crippen LogP contribution in [0.3, 0.4) is 0 Å². The van der Waals surface area contributed by atoms with Crippen LogP contribution < -0.4 is 0 Å². The Morgan fingerprint density at radius 1 is 1.15 bits per heavy atom. The van der Waals surface area contributed by atoms with Crippen LogP contribution in [0.2, 0.25) is 0 Å². The molecule has 0 N–H and O–H groups in total. The Morgan fingerprint density at radius 3 is 2.45 bits per heavy atom. The van der Waals surface area contributed by atoms with Crippen molar-refractivity contribution in [2.45, 2.75) is 12.8 Å². The van der Waals surface area contributed by atoms with E-state index in [0.29, 0.717) is 5.56 Å². The number of aryl methyl sites for hydroxylation is 1. The van der Waals surface area contributed by atoms with Crippen LogP contribution in [0, 0.1) is 29.9 Å². The van der Waals surface area contributed by atoms with Crippen molar-refractivity contribution < 1.29 is 13.6 Å². The maximum Gasteiger partial charge on any atom is 0.184 e. The minimum Gasteiger partial charge on any atom is -0.292 e. The zero-order valence-corrected chi connectivity index (χ0v) is 10.7. The zero-order chi connectivity index (χ0) is 14.7. The summed E-state index contributed by atoms with van der Waals surface area (Å²) < 4.78 is 27.1. The number of Topliss-reactive ketones (excluding diaryl/α,β-unsaturated/α-hetero) is 1. The van der Waals surface area contributed by atoms with Crippen LogP contribution in [0.5, 0.6) is 0 Å². The van der Waals surface area contributed by atoms with Gasteiger partial charge in [-0.3, -0.25) is 4.79 Å². The maximum atomic E-state index is 13.7. The van der Waals surface area contributed by atoms with Gasteiger partial charge in [0, 0.05) is 11.1 Å². The van der Waals surface area contributed by atoms with Gasteiger partial charge in [-0.05, 0) is 24.6 Å². The molecule has 0 saturated carbocycles. The summed E-state index contributed by atoms with van der Waals surface area (Å²) in [6.45, 7) is 1.57. The van der Waals surface area contributed by atoms with Crippen LogP contribution >= 0.6 is 0 Å². The highest BCUT2D eigenvalue weighted by Crippen LogP contribution is 2.23. The van der Waals surface area contributed by atoms with Gasteiger partial charge in [0.25, 0.3) is 0 Å². The molecule has 2 aromatic carbocycles. The summed E-state index contributed by atoms with van der Waals surface area (Å²) in [5.41, 5.74) is 0.463. The molecule has 20 heavy (non-hydrogen) atoms. The van der Waals surface area contributed by atoms with Crippen LogP contribution in [0.15, 0.2) is 42.5 Å². The Morgan fingerprint density at radius 2 is 1.85 bits per heavy atom. The van der Waals surface area contributed by atoms with E-state index in [0.717, 1.165) is 6.07 Å². The maximum absolute atomic E-state index is 13.7.